The van der Waals surface area contributed by atoms with Gasteiger partial charge < -0.3 is 14.3 Å². The summed E-state index contributed by atoms with van der Waals surface area (Å²) in [4.78, 5) is 32.0. The number of halogens is 2. The van der Waals surface area contributed by atoms with E-state index < -0.39 is 6.04 Å². The van der Waals surface area contributed by atoms with Crippen LogP contribution in [0.2, 0.25) is 10.0 Å². The second-order valence-electron chi connectivity index (χ2n) is 7.82. The van der Waals surface area contributed by atoms with Gasteiger partial charge in [-0.25, -0.2) is 0 Å². The fourth-order valence-corrected chi connectivity index (χ4v) is 4.42. The number of aryl methyl sites for hydroxylation is 1. The molecule has 2 fully saturated rings. The van der Waals surface area contributed by atoms with E-state index in [0.717, 1.165) is 31.0 Å². The molecule has 0 bridgehead atoms. The van der Waals surface area contributed by atoms with Gasteiger partial charge in [0.05, 0.1) is 15.7 Å². The zero-order valence-electron chi connectivity index (χ0n) is 16.8. The number of amides is 2. The zero-order chi connectivity index (χ0) is 21.3. The van der Waals surface area contributed by atoms with Gasteiger partial charge in [-0.1, -0.05) is 28.4 Å². The van der Waals surface area contributed by atoms with Gasteiger partial charge in [-0.05, 0) is 38.0 Å². The number of piperazine rings is 1. The van der Waals surface area contributed by atoms with Crippen molar-refractivity contribution in [3.63, 3.8) is 0 Å². The Kier molecular flexibility index (Phi) is 6.32. The third kappa shape index (κ3) is 4.48. The molecule has 9 heteroatoms. The minimum atomic E-state index is -0.420. The Morgan fingerprint density at radius 1 is 1.10 bits per heavy atom. The van der Waals surface area contributed by atoms with E-state index in [1.165, 1.54) is 0 Å². The summed E-state index contributed by atoms with van der Waals surface area (Å²) in [7, 11) is 0. The van der Waals surface area contributed by atoms with Gasteiger partial charge in [0.2, 0.25) is 5.91 Å². The third-order valence-electron chi connectivity index (χ3n) is 5.71. The van der Waals surface area contributed by atoms with Crippen molar-refractivity contribution in [3.05, 3.63) is 51.3 Å². The zero-order valence-corrected chi connectivity index (χ0v) is 18.3. The molecule has 0 aliphatic carbocycles. The van der Waals surface area contributed by atoms with Crippen molar-refractivity contribution in [2.75, 3.05) is 32.7 Å². The van der Waals surface area contributed by atoms with E-state index in [0.29, 0.717) is 48.2 Å². The number of hydrogen-bond donors (Lipinski definition) is 0. The minimum Gasteiger partial charge on any atom is -0.361 e. The Morgan fingerprint density at radius 2 is 1.87 bits per heavy atom. The molecule has 1 atom stereocenters. The molecule has 2 aromatic rings. The fraction of sp³-hybridized carbons (Fsp3) is 0.476. The van der Waals surface area contributed by atoms with Crippen LogP contribution in [0.15, 0.2) is 28.8 Å². The Morgan fingerprint density at radius 3 is 2.53 bits per heavy atom. The predicted octanol–water partition coefficient (Wildman–Crippen LogP) is 3.24. The highest BCUT2D eigenvalue weighted by atomic mass is 35.5. The van der Waals surface area contributed by atoms with Crippen LogP contribution in [0.4, 0.5) is 0 Å². The van der Waals surface area contributed by atoms with Crippen LogP contribution in [0.25, 0.3) is 0 Å². The summed E-state index contributed by atoms with van der Waals surface area (Å²) in [5.74, 6) is 0.647. The van der Waals surface area contributed by atoms with Crippen molar-refractivity contribution in [1.82, 2.24) is 19.9 Å². The lowest BCUT2D eigenvalue weighted by Crippen LogP contribution is -2.54. The summed E-state index contributed by atoms with van der Waals surface area (Å²) in [6.07, 6.45) is 1.50. The van der Waals surface area contributed by atoms with Gasteiger partial charge in [-0.3, -0.25) is 14.5 Å². The second-order valence-corrected chi connectivity index (χ2v) is 8.63. The van der Waals surface area contributed by atoms with Crippen LogP contribution in [0.5, 0.6) is 0 Å². The van der Waals surface area contributed by atoms with Crippen LogP contribution in [0.3, 0.4) is 0 Å². The molecule has 1 unspecified atom stereocenters. The molecule has 0 spiro atoms. The van der Waals surface area contributed by atoms with E-state index >= 15 is 0 Å². The van der Waals surface area contributed by atoms with Gasteiger partial charge in [0, 0.05) is 50.9 Å². The number of aromatic nitrogens is 1. The van der Waals surface area contributed by atoms with Crippen molar-refractivity contribution in [3.8, 4) is 0 Å². The number of nitrogens with zero attached hydrogens (tertiary/aromatic N) is 4. The Hall–Kier alpha value is -2.09. The lowest BCUT2D eigenvalue weighted by Gasteiger charge is -2.37. The predicted molar refractivity (Wildman–Crippen MR) is 114 cm³/mol. The van der Waals surface area contributed by atoms with Crippen LogP contribution in [0.1, 0.15) is 34.7 Å². The van der Waals surface area contributed by atoms with Crippen molar-refractivity contribution >= 4 is 35.0 Å². The summed E-state index contributed by atoms with van der Waals surface area (Å²) in [6.45, 7) is 5.98. The highest BCUT2D eigenvalue weighted by Gasteiger charge is 2.37. The summed E-state index contributed by atoms with van der Waals surface area (Å²) >= 11 is 12.0. The maximum absolute atomic E-state index is 13.2. The molecule has 1 aromatic carbocycles. The monoisotopic (exact) mass is 450 g/mol. The molecule has 2 amide bonds. The van der Waals surface area contributed by atoms with Gasteiger partial charge in [-0.2, -0.15) is 0 Å². The Bertz CT molecular complexity index is 940. The molecule has 3 heterocycles. The molecule has 0 N–H and O–H groups in total. The van der Waals surface area contributed by atoms with E-state index in [1.807, 2.05) is 17.9 Å². The molecule has 0 saturated carbocycles. The molecule has 2 aliphatic heterocycles. The molecule has 2 aliphatic rings. The number of carbonyl (C=O) groups excluding carboxylic acids is 2. The van der Waals surface area contributed by atoms with Crippen molar-refractivity contribution in [2.24, 2.45) is 0 Å². The van der Waals surface area contributed by atoms with E-state index in [-0.39, 0.29) is 11.8 Å². The SMILES string of the molecule is Cc1cc(CN2CCN(C(=O)C3CCCN3C(=O)c3ccc(Cl)c(Cl)c3)CC2)no1. The molecule has 30 heavy (non-hydrogen) atoms. The van der Waals surface area contributed by atoms with Crippen molar-refractivity contribution in [2.45, 2.75) is 32.4 Å². The second kappa shape index (κ2) is 8.96. The first kappa shape index (κ1) is 21.2. The smallest absolute Gasteiger partial charge is 0.254 e. The van der Waals surface area contributed by atoms with Crippen LogP contribution in [-0.4, -0.2) is 70.4 Å². The lowest BCUT2D eigenvalue weighted by molar-refractivity contribution is -0.137. The number of likely N-dealkylation sites (tertiary alicyclic amines) is 1. The molecule has 4 rings (SSSR count). The third-order valence-corrected chi connectivity index (χ3v) is 6.45. The molecular formula is C21H24Cl2N4O3. The number of rotatable bonds is 4. The lowest BCUT2D eigenvalue weighted by atomic mass is 10.1. The Balaban J connectivity index is 1.36. The summed E-state index contributed by atoms with van der Waals surface area (Å²) < 4.78 is 5.12. The minimum absolute atomic E-state index is 0.0258. The summed E-state index contributed by atoms with van der Waals surface area (Å²) in [6, 6.07) is 6.34. The van der Waals surface area contributed by atoms with Crippen LogP contribution >= 0.6 is 23.2 Å². The Labute approximate surface area is 185 Å². The molecular weight excluding hydrogens is 427 g/mol. The average molecular weight is 451 g/mol. The standard InChI is InChI=1S/C21H24Cl2N4O3/c1-14-11-16(24-30-14)13-25-7-9-26(10-8-25)21(29)19-3-2-6-27(19)20(28)15-4-5-17(22)18(23)12-15/h4-5,11-12,19H,2-3,6-10,13H2,1H3. The van der Waals surface area contributed by atoms with E-state index in [9.17, 15) is 9.59 Å². The maximum atomic E-state index is 13.2. The van der Waals surface area contributed by atoms with Crippen molar-refractivity contribution in [1.29, 1.82) is 0 Å². The van der Waals surface area contributed by atoms with Gasteiger partial charge in [0.25, 0.3) is 5.91 Å². The van der Waals surface area contributed by atoms with E-state index in [2.05, 4.69) is 10.1 Å². The maximum Gasteiger partial charge on any atom is 0.254 e. The number of hydrogen-bond acceptors (Lipinski definition) is 5. The van der Waals surface area contributed by atoms with Gasteiger partial charge >= 0.3 is 0 Å². The normalized spacial score (nSPS) is 20.0. The first-order valence-corrected chi connectivity index (χ1v) is 10.9. The summed E-state index contributed by atoms with van der Waals surface area (Å²) in [5.41, 5.74) is 1.36. The molecule has 2 saturated heterocycles. The molecule has 0 radical (unpaired) electrons. The van der Waals surface area contributed by atoms with Gasteiger partial charge in [0.1, 0.15) is 11.8 Å². The topological polar surface area (TPSA) is 69.9 Å². The average Bonchev–Trinajstić information content (AvgIpc) is 3.38. The highest BCUT2D eigenvalue weighted by molar-refractivity contribution is 6.42. The van der Waals surface area contributed by atoms with E-state index in [1.54, 1.807) is 23.1 Å². The first-order valence-electron chi connectivity index (χ1n) is 10.1. The van der Waals surface area contributed by atoms with Crippen LogP contribution < -0.4 is 0 Å². The van der Waals surface area contributed by atoms with Crippen LogP contribution in [0, 0.1) is 6.92 Å². The van der Waals surface area contributed by atoms with E-state index in [4.69, 9.17) is 27.7 Å². The highest BCUT2D eigenvalue weighted by Crippen LogP contribution is 2.27. The van der Waals surface area contributed by atoms with Gasteiger partial charge in [-0.15, -0.1) is 0 Å². The molecule has 1 aromatic heterocycles. The first-order chi connectivity index (χ1) is 14.4. The molecule has 7 nitrogen and oxygen atoms in total. The van der Waals surface area contributed by atoms with Crippen LogP contribution in [-0.2, 0) is 11.3 Å². The summed E-state index contributed by atoms with van der Waals surface area (Å²) in [5, 5.41) is 4.78. The van der Waals surface area contributed by atoms with Gasteiger partial charge in [0.15, 0.2) is 0 Å². The van der Waals surface area contributed by atoms with Crippen molar-refractivity contribution < 1.29 is 14.1 Å². The number of benzene rings is 1. The quantitative estimate of drug-likeness (QED) is 0.714. The molecule has 160 valence electrons. The fourth-order valence-electron chi connectivity index (χ4n) is 4.12. The largest absolute Gasteiger partial charge is 0.361 e. The number of carbonyl (C=O) groups is 2.